The van der Waals surface area contributed by atoms with Gasteiger partial charge in [0.15, 0.2) is 5.96 Å². The lowest BCUT2D eigenvalue weighted by Crippen LogP contribution is -2.47. The van der Waals surface area contributed by atoms with Crippen molar-refractivity contribution in [1.29, 1.82) is 0 Å². The second-order valence-electron chi connectivity index (χ2n) is 7.96. The van der Waals surface area contributed by atoms with Crippen molar-refractivity contribution in [2.75, 3.05) is 32.9 Å². The first-order valence-corrected chi connectivity index (χ1v) is 10.8. The Bertz CT molecular complexity index is 496. The van der Waals surface area contributed by atoms with Gasteiger partial charge < -0.3 is 25.4 Å². The molecular weight excluding hydrogens is 471 g/mol. The average molecular weight is 508 g/mol. The van der Waals surface area contributed by atoms with Crippen molar-refractivity contribution in [2.45, 2.75) is 76.5 Å². The fourth-order valence-corrected chi connectivity index (χ4v) is 3.83. The highest BCUT2D eigenvalue weighted by Crippen LogP contribution is 2.26. The number of guanidine groups is 1. The van der Waals surface area contributed by atoms with Crippen LogP contribution in [0.1, 0.15) is 58.3 Å². The quantitative estimate of drug-likeness (QED) is 0.193. The van der Waals surface area contributed by atoms with Crippen molar-refractivity contribution in [1.82, 2.24) is 16.0 Å². The zero-order valence-electron chi connectivity index (χ0n) is 17.1. The van der Waals surface area contributed by atoms with Gasteiger partial charge in [-0.2, -0.15) is 0 Å². The predicted molar refractivity (Wildman–Crippen MR) is 121 cm³/mol. The van der Waals surface area contributed by atoms with E-state index in [1.807, 2.05) is 0 Å². The van der Waals surface area contributed by atoms with Gasteiger partial charge in [-0.1, -0.05) is 6.42 Å². The van der Waals surface area contributed by atoms with Crippen molar-refractivity contribution >= 4 is 35.8 Å². The van der Waals surface area contributed by atoms with Crippen molar-refractivity contribution in [3.05, 3.63) is 0 Å². The van der Waals surface area contributed by atoms with Crippen LogP contribution in [-0.2, 0) is 14.3 Å². The number of carbonyl (C=O) groups excluding carboxylic acids is 1. The highest BCUT2D eigenvalue weighted by Gasteiger charge is 2.31. The van der Waals surface area contributed by atoms with Gasteiger partial charge in [0.05, 0.1) is 25.9 Å². The maximum Gasteiger partial charge on any atom is 0.223 e. The lowest BCUT2D eigenvalue weighted by atomic mass is 9.85. The molecule has 3 rings (SSSR count). The molecule has 1 saturated heterocycles. The number of halogens is 1. The summed E-state index contributed by atoms with van der Waals surface area (Å²) in [6.45, 7) is 5.65. The van der Waals surface area contributed by atoms with Crippen molar-refractivity contribution in [2.24, 2.45) is 10.9 Å². The monoisotopic (exact) mass is 508 g/mol. The first kappa shape index (κ1) is 23.7. The molecule has 8 heteroatoms. The van der Waals surface area contributed by atoms with Crippen LogP contribution < -0.4 is 16.0 Å². The van der Waals surface area contributed by atoms with Gasteiger partial charge in [-0.25, -0.2) is 0 Å². The molecule has 0 aromatic heterocycles. The molecule has 3 unspecified atom stereocenters. The van der Waals surface area contributed by atoms with Crippen LogP contribution in [-0.4, -0.2) is 63.0 Å². The predicted octanol–water partition coefficient (Wildman–Crippen LogP) is 2.19. The number of ether oxygens (including phenoxy) is 2. The molecular formula is C20H37IN4O3. The summed E-state index contributed by atoms with van der Waals surface area (Å²) in [5.41, 5.74) is 0. The van der Waals surface area contributed by atoms with E-state index in [-0.39, 0.29) is 41.9 Å². The van der Waals surface area contributed by atoms with Gasteiger partial charge in [0.25, 0.3) is 0 Å². The molecule has 3 atom stereocenters. The van der Waals surface area contributed by atoms with Crippen LogP contribution >= 0.6 is 24.0 Å². The number of hydrogen-bond acceptors (Lipinski definition) is 4. The van der Waals surface area contributed by atoms with Gasteiger partial charge in [0.2, 0.25) is 5.91 Å². The van der Waals surface area contributed by atoms with E-state index in [1.54, 1.807) is 0 Å². The smallest absolute Gasteiger partial charge is 0.223 e. The Balaban J connectivity index is 0.00000280. The summed E-state index contributed by atoms with van der Waals surface area (Å²) in [5, 5.41) is 9.98. The highest BCUT2D eigenvalue weighted by molar-refractivity contribution is 14.0. The normalized spacial score (nSPS) is 27.8. The molecule has 3 aliphatic rings. The van der Waals surface area contributed by atoms with Crippen molar-refractivity contribution < 1.29 is 14.3 Å². The summed E-state index contributed by atoms with van der Waals surface area (Å²) in [5.74, 6) is 1.20. The number of rotatable bonds is 9. The molecule has 0 aromatic carbocycles. The van der Waals surface area contributed by atoms with Crippen LogP contribution in [0.15, 0.2) is 4.99 Å². The number of hydrogen-bond donors (Lipinski definition) is 3. The third-order valence-corrected chi connectivity index (χ3v) is 5.49. The molecule has 3 N–H and O–H groups in total. The molecule has 1 aliphatic heterocycles. The van der Waals surface area contributed by atoms with E-state index in [0.717, 1.165) is 70.5 Å². The fraction of sp³-hybridized carbons (Fsp3) is 0.900. The molecule has 0 aromatic rings. The minimum Gasteiger partial charge on any atom is -0.377 e. The van der Waals surface area contributed by atoms with Crippen LogP contribution in [0.5, 0.6) is 0 Å². The van der Waals surface area contributed by atoms with Gasteiger partial charge in [-0.05, 0) is 51.9 Å². The first-order valence-electron chi connectivity index (χ1n) is 10.8. The average Bonchev–Trinajstić information content (AvgIpc) is 3.33. The SMILES string of the molecule is CCNC(=NCCOCC1CCCO1)NC1CCCC(C(=O)NC2CC2)C1.I. The molecule has 0 spiro atoms. The third kappa shape index (κ3) is 8.41. The lowest BCUT2D eigenvalue weighted by molar-refractivity contribution is -0.126. The Hall–Kier alpha value is -0.610. The molecule has 0 radical (unpaired) electrons. The van der Waals surface area contributed by atoms with Crippen LogP contribution in [0.4, 0.5) is 0 Å². The topological polar surface area (TPSA) is 84.0 Å². The summed E-state index contributed by atoms with van der Waals surface area (Å²) in [6.07, 6.45) is 8.86. The van der Waals surface area contributed by atoms with Gasteiger partial charge in [-0.15, -0.1) is 24.0 Å². The van der Waals surface area contributed by atoms with Gasteiger partial charge in [-0.3, -0.25) is 9.79 Å². The van der Waals surface area contributed by atoms with Gasteiger partial charge in [0.1, 0.15) is 0 Å². The molecule has 0 bridgehead atoms. The summed E-state index contributed by atoms with van der Waals surface area (Å²) in [4.78, 5) is 17.0. The number of amides is 1. The molecule has 2 saturated carbocycles. The summed E-state index contributed by atoms with van der Waals surface area (Å²) in [6, 6.07) is 0.749. The molecule has 1 amide bonds. The zero-order valence-corrected chi connectivity index (χ0v) is 19.4. The third-order valence-electron chi connectivity index (χ3n) is 5.49. The van der Waals surface area contributed by atoms with Crippen LogP contribution in [0.2, 0.25) is 0 Å². The summed E-state index contributed by atoms with van der Waals surface area (Å²) < 4.78 is 11.2. The minimum absolute atomic E-state index is 0. The van der Waals surface area contributed by atoms with Gasteiger partial charge >= 0.3 is 0 Å². The summed E-state index contributed by atoms with van der Waals surface area (Å²) >= 11 is 0. The molecule has 162 valence electrons. The maximum absolute atomic E-state index is 12.3. The van der Waals surface area contributed by atoms with Crippen molar-refractivity contribution in [3.8, 4) is 0 Å². The van der Waals surface area contributed by atoms with E-state index in [9.17, 15) is 4.79 Å². The zero-order chi connectivity index (χ0) is 18.9. The minimum atomic E-state index is 0. The van der Waals surface area contributed by atoms with E-state index in [1.165, 1.54) is 0 Å². The number of aliphatic imine (C=N–C) groups is 1. The van der Waals surface area contributed by atoms with E-state index in [0.29, 0.717) is 31.8 Å². The van der Waals surface area contributed by atoms with Crippen LogP contribution in [0.3, 0.4) is 0 Å². The molecule has 7 nitrogen and oxygen atoms in total. The Kier molecular flexibility index (Phi) is 10.9. The maximum atomic E-state index is 12.3. The Morgan fingerprint density at radius 3 is 2.68 bits per heavy atom. The van der Waals surface area contributed by atoms with Crippen LogP contribution in [0, 0.1) is 5.92 Å². The molecule has 3 fully saturated rings. The fourth-order valence-electron chi connectivity index (χ4n) is 3.83. The Labute approximate surface area is 186 Å². The van der Waals surface area contributed by atoms with E-state index < -0.39 is 0 Å². The number of nitrogens with one attached hydrogen (secondary N) is 3. The molecule has 1 heterocycles. The number of nitrogens with zero attached hydrogens (tertiary/aromatic N) is 1. The number of carbonyl (C=O) groups is 1. The van der Waals surface area contributed by atoms with Crippen molar-refractivity contribution in [3.63, 3.8) is 0 Å². The molecule has 28 heavy (non-hydrogen) atoms. The van der Waals surface area contributed by atoms with Gasteiger partial charge in [0, 0.05) is 31.2 Å². The Morgan fingerprint density at radius 1 is 1.11 bits per heavy atom. The Morgan fingerprint density at radius 2 is 1.96 bits per heavy atom. The molecule has 2 aliphatic carbocycles. The highest BCUT2D eigenvalue weighted by atomic mass is 127. The van der Waals surface area contributed by atoms with E-state index in [2.05, 4.69) is 27.9 Å². The first-order chi connectivity index (χ1) is 13.2. The largest absolute Gasteiger partial charge is 0.377 e. The lowest BCUT2D eigenvalue weighted by Gasteiger charge is -2.30. The van der Waals surface area contributed by atoms with Crippen LogP contribution in [0.25, 0.3) is 0 Å². The second kappa shape index (κ2) is 12.8. The standard InChI is InChI=1S/C20H36N4O3.HI/c1-2-21-20(22-10-12-26-14-18-7-4-11-27-18)24-17-6-3-5-15(13-17)19(25)23-16-8-9-16;/h15-18H,2-14H2,1H3,(H,23,25)(H2,21,22,24);1H. The van der Waals surface area contributed by atoms with E-state index >= 15 is 0 Å². The second-order valence-corrected chi connectivity index (χ2v) is 7.96. The summed E-state index contributed by atoms with van der Waals surface area (Å²) in [7, 11) is 0. The van der Waals surface area contributed by atoms with E-state index in [4.69, 9.17) is 9.47 Å².